The van der Waals surface area contributed by atoms with Crippen molar-refractivity contribution >= 4 is 23.2 Å². The van der Waals surface area contributed by atoms with E-state index in [1.165, 1.54) is 18.2 Å². The topological polar surface area (TPSA) is 38.0 Å². The summed E-state index contributed by atoms with van der Waals surface area (Å²) in [6, 6.07) is 8.21. The molecule has 2 rings (SSSR count). The Morgan fingerprint density at radius 1 is 1.10 bits per heavy atom. The first-order valence-corrected chi connectivity index (χ1v) is 6.62. The van der Waals surface area contributed by atoms with Gasteiger partial charge in [0.1, 0.15) is 11.6 Å². The van der Waals surface area contributed by atoms with Crippen LogP contribution in [0.25, 0.3) is 0 Å². The third-order valence-electron chi connectivity index (χ3n) is 3.00. The van der Waals surface area contributed by atoms with Crippen molar-refractivity contribution in [3.8, 4) is 0 Å². The predicted molar refractivity (Wildman–Crippen MR) is 76.6 cm³/mol. The van der Waals surface area contributed by atoms with Gasteiger partial charge in [-0.25, -0.2) is 8.78 Å². The maximum atomic E-state index is 14.0. The lowest BCUT2D eigenvalue weighted by Crippen LogP contribution is -2.30. The van der Waals surface area contributed by atoms with Gasteiger partial charge in [0.25, 0.3) is 0 Å². The van der Waals surface area contributed by atoms with Gasteiger partial charge in [-0.1, -0.05) is 41.4 Å². The molecule has 0 aliphatic carbocycles. The molecule has 2 nitrogen and oxygen atoms in total. The molecular weight excluding hydrogens is 305 g/mol. The fourth-order valence-electron chi connectivity index (χ4n) is 1.96. The molecule has 0 bridgehead atoms. The summed E-state index contributed by atoms with van der Waals surface area (Å²) in [4.78, 5) is 0. The van der Waals surface area contributed by atoms with E-state index in [4.69, 9.17) is 29.0 Å². The van der Waals surface area contributed by atoms with E-state index < -0.39 is 17.7 Å². The SMILES string of the molecule is NNC(Cc1ccc(F)cc1Cl)c1cccc(Cl)c1F. The number of hydrogen-bond acceptors (Lipinski definition) is 2. The molecule has 0 amide bonds. The summed E-state index contributed by atoms with van der Waals surface area (Å²) >= 11 is 11.7. The standard InChI is InChI=1S/C14H12Cl2F2N2/c15-11-3-1-2-10(14(11)18)13(20-19)6-8-4-5-9(17)7-12(8)16/h1-5,7,13,20H,6,19H2. The summed E-state index contributed by atoms with van der Waals surface area (Å²) in [6.07, 6.45) is 0.312. The van der Waals surface area contributed by atoms with E-state index in [0.29, 0.717) is 17.5 Å². The molecule has 0 aliphatic rings. The van der Waals surface area contributed by atoms with Gasteiger partial charge in [-0.3, -0.25) is 11.3 Å². The second-order valence-corrected chi connectivity index (χ2v) is 5.12. The lowest BCUT2D eigenvalue weighted by molar-refractivity contribution is 0.510. The van der Waals surface area contributed by atoms with E-state index in [-0.39, 0.29) is 10.0 Å². The quantitative estimate of drug-likeness (QED) is 0.660. The van der Waals surface area contributed by atoms with Gasteiger partial charge in [-0.05, 0) is 30.2 Å². The predicted octanol–water partition coefficient (Wildman–Crippen LogP) is 4.02. The minimum absolute atomic E-state index is 0.0213. The highest BCUT2D eigenvalue weighted by Crippen LogP contribution is 2.28. The molecule has 0 saturated carbocycles. The Labute approximate surface area is 125 Å². The van der Waals surface area contributed by atoms with Crippen LogP contribution in [-0.4, -0.2) is 0 Å². The first kappa shape index (κ1) is 15.2. The van der Waals surface area contributed by atoms with Crippen molar-refractivity contribution < 1.29 is 8.78 Å². The molecular formula is C14H12Cl2F2N2. The molecule has 0 saturated heterocycles. The molecule has 0 spiro atoms. The summed E-state index contributed by atoms with van der Waals surface area (Å²) in [5.74, 6) is 4.52. The van der Waals surface area contributed by atoms with Crippen molar-refractivity contribution in [3.63, 3.8) is 0 Å². The molecule has 2 aromatic carbocycles. The Hall–Kier alpha value is -1.20. The molecule has 106 valence electrons. The molecule has 0 fully saturated rings. The van der Waals surface area contributed by atoms with Crippen LogP contribution in [-0.2, 0) is 6.42 Å². The van der Waals surface area contributed by atoms with Crippen LogP contribution in [0.2, 0.25) is 10.0 Å². The van der Waals surface area contributed by atoms with Gasteiger partial charge in [0.15, 0.2) is 0 Å². The average molecular weight is 317 g/mol. The van der Waals surface area contributed by atoms with E-state index in [9.17, 15) is 8.78 Å². The zero-order chi connectivity index (χ0) is 14.7. The second-order valence-electron chi connectivity index (χ2n) is 4.30. The maximum absolute atomic E-state index is 14.0. The molecule has 0 aromatic heterocycles. The van der Waals surface area contributed by atoms with Crippen LogP contribution in [0.3, 0.4) is 0 Å². The fraction of sp³-hybridized carbons (Fsp3) is 0.143. The van der Waals surface area contributed by atoms with E-state index in [2.05, 4.69) is 5.43 Å². The molecule has 2 aromatic rings. The third kappa shape index (κ3) is 3.27. The van der Waals surface area contributed by atoms with Gasteiger partial charge in [0.2, 0.25) is 0 Å². The van der Waals surface area contributed by atoms with Crippen molar-refractivity contribution in [1.82, 2.24) is 5.43 Å². The highest BCUT2D eigenvalue weighted by atomic mass is 35.5. The summed E-state index contributed by atoms with van der Waals surface area (Å²) < 4.78 is 27.0. The van der Waals surface area contributed by atoms with Crippen LogP contribution in [0.5, 0.6) is 0 Å². The van der Waals surface area contributed by atoms with Crippen LogP contribution >= 0.6 is 23.2 Å². The molecule has 6 heteroatoms. The van der Waals surface area contributed by atoms with E-state index in [1.807, 2.05) is 0 Å². The Bertz CT molecular complexity index is 620. The molecule has 0 heterocycles. The molecule has 0 aliphatic heterocycles. The van der Waals surface area contributed by atoms with Gasteiger partial charge in [0, 0.05) is 10.6 Å². The Morgan fingerprint density at radius 2 is 1.85 bits per heavy atom. The number of hydrogen-bond donors (Lipinski definition) is 2. The van der Waals surface area contributed by atoms with Crippen LogP contribution in [0, 0.1) is 11.6 Å². The number of rotatable bonds is 4. The lowest BCUT2D eigenvalue weighted by atomic mass is 9.99. The summed E-state index contributed by atoms with van der Waals surface area (Å²) in [7, 11) is 0. The normalized spacial score (nSPS) is 12.4. The minimum atomic E-state index is -0.532. The summed E-state index contributed by atoms with van der Waals surface area (Å²) in [6.45, 7) is 0. The Balaban J connectivity index is 2.31. The van der Waals surface area contributed by atoms with Gasteiger partial charge < -0.3 is 0 Å². The zero-order valence-corrected chi connectivity index (χ0v) is 11.8. The third-order valence-corrected chi connectivity index (χ3v) is 3.64. The number of benzene rings is 2. The Kier molecular flexibility index (Phi) is 4.94. The van der Waals surface area contributed by atoms with Crippen LogP contribution in [0.1, 0.15) is 17.2 Å². The van der Waals surface area contributed by atoms with Crippen LogP contribution < -0.4 is 11.3 Å². The number of nitrogens with two attached hydrogens (primary N) is 1. The zero-order valence-electron chi connectivity index (χ0n) is 10.3. The fourth-order valence-corrected chi connectivity index (χ4v) is 2.38. The van der Waals surface area contributed by atoms with Gasteiger partial charge in [-0.15, -0.1) is 0 Å². The van der Waals surface area contributed by atoms with Gasteiger partial charge >= 0.3 is 0 Å². The van der Waals surface area contributed by atoms with Crippen molar-refractivity contribution in [3.05, 3.63) is 69.2 Å². The molecule has 1 atom stereocenters. The first-order valence-electron chi connectivity index (χ1n) is 5.87. The van der Waals surface area contributed by atoms with Gasteiger partial charge in [0.05, 0.1) is 11.1 Å². The van der Waals surface area contributed by atoms with Crippen LogP contribution in [0.4, 0.5) is 8.78 Å². The van der Waals surface area contributed by atoms with E-state index in [1.54, 1.807) is 18.2 Å². The van der Waals surface area contributed by atoms with Crippen LogP contribution in [0.15, 0.2) is 36.4 Å². The lowest BCUT2D eigenvalue weighted by Gasteiger charge is -2.18. The first-order chi connectivity index (χ1) is 9.52. The molecule has 1 unspecified atom stereocenters. The minimum Gasteiger partial charge on any atom is -0.271 e. The average Bonchev–Trinajstić information content (AvgIpc) is 2.42. The monoisotopic (exact) mass is 316 g/mol. The Morgan fingerprint density at radius 3 is 2.50 bits per heavy atom. The van der Waals surface area contributed by atoms with Crippen molar-refractivity contribution in [2.45, 2.75) is 12.5 Å². The van der Waals surface area contributed by atoms with Crippen molar-refractivity contribution in [2.24, 2.45) is 5.84 Å². The molecule has 0 radical (unpaired) electrons. The van der Waals surface area contributed by atoms with Crippen molar-refractivity contribution in [2.75, 3.05) is 0 Å². The molecule has 20 heavy (non-hydrogen) atoms. The van der Waals surface area contributed by atoms with E-state index in [0.717, 1.165) is 0 Å². The second kappa shape index (κ2) is 6.50. The molecule has 3 N–H and O–H groups in total. The number of nitrogens with one attached hydrogen (secondary N) is 1. The highest BCUT2D eigenvalue weighted by Gasteiger charge is 2.18. The largest absolute Gasteiger partial charge is 0.271 e. The van der Waals surface area contributed by atoms with E-state index >= 15 is 0 Å². The number of halogens is 4. The summed E-state index contributed by atoms with van der Waals surface area (Å²) in [5.41, 5.74) is 3.52. The summed E-state index contributed by atoms with van der Waals surface area (Å²) in [5, 5.41) is 0.292. The van der Waals surface area contributed by atoms with Crippen molar-refractivity contribution in [1.29, 1.82) is 0 Å². The highest BCUT2D eigenvalue weighted by molar-refractivity contribution is 6.31. The number of hydrazine groups is 1. The smallest absolute Gasteiger partial charge is 0.146 e. The van der Waals surface area contributed by atoms with Gasteiger partial charge in [-0.2, -0.15) is 0 Å². The maximum Gasteiger partial charge on any atom is 0.146 e.